The summed E-state index contributed by atoms with van der Waals surface area (Å²) in [5.41, 5.74) is 5.71. The third-order valence-electron chi connectivity index (χ3n) is 3.67. The first-order chi connectivity index (χ1) is 11.0. The van der Waals surface area contributed by atoms with Crippen LogP contribution in [-0.4, -0.2) is 17.7 Å². The molecule has 0 aliphatic heterocycles. The van der Waals surface area contributed by atoms with Crippen molar-refractivity contribution in [2.45, 2.75) is 26.9 Å². The van der Waals surface area contributed by atoms with Crippen molar-refractivity contribution >= 4 is 5.97 Å². The van der Waals surface area contributed by atoms with Gasteiger partial charge in [-0.05, 0) is 36.1 Å². The van der Waals surface area contributed by atoms with E-state index in [-0.39, 0.29) is 12.6 Å². The van der Waals surface area contributed by atoms with Gasteiger partial charge < -0.3 is 9.84 Å². The number of esters is 1. The van der Waals surface area contributed by atoms with Crippen molar-refractivity contribution in [3.63, 3.8) is 0 Å². The minimum absolute atomic E-state index is 0.00721. The summed E-state index contributed by atoms with van der Waals surface area (Å²) in [7, 11) is 0. The first-order valence-electron chi connectivity index (χ1n) is 7.63. The highest BCUT2D eigenvalue weighted by molar-refractivity contribution is 5.86. The van der Waals surface area contributed by atoms with Crippen molar-refractivity contribution in [2.24, 2.45) is 0 Å². The third-order valence-corrected chi connectivity index (χ3v) is 3.67. The van der Waals surface area contributed by atoms with Crippen LogP contribution in [0.3, 0.4) is 0 Å². The maximum Gasteiger partial charge on any atom is 0.333 e. The van der Waals surface area contributed by atoms with E-state index in [1.54, 1.807) is 6.92 Å². The zero-order valence-electron chi connectivity index (χ0n) is 13.6. The molecule has 1 N–H and O–H groups in total. The molecule has 3 nitrogen and oxygen atoms in total. The van der Waals surface area contributed by atoms with Crippen LogP contribution in [0.4, 0.5) is 0 Å². The van der Waals surface area contributed by atoms with Crippen molar-refractivity contribution in [2.75, 3.05) is 6.61 Å². The number of benzene rings is 2. The standard InChI is InChI=1S/C20H22O3/c1-14(2)20(22)23-11-10-18-12-16(13-21)6-9-19(18)17-7-4-15(3)5-8-17/h4-9,12,21H,1,10-11,13H2,2-3H3. The van der Waals surface area contributed by atoms with Gasteiger partial charge >= 0.3 is 5.97 Å². The quantitative estimate of drug-likeness (QED) is 0.652. The lowest BCUT2D eigenvalue weighted by Crippen LogP contribution is -2.08. The molecule has 0 saturated carbocycles. The van der Waals surface area contributed by atoms with Crippen LogP contribution in [0.1, 0.15) is 23.6 Å². The number of rotatable bonds is 6. The van der Waals surface area contributed by atoms with Gasteiger partial charge in [0.25, 0.3) is 0 Å². The van der Waals surface area contributed by atoms with Crippen molar-refractivity contribution in [3.8, 4) is 11.1 Å². The summed E-state index contributed by atoms with van der Waals surface area (Å²) < 4.78 is 5.19. The molecule has 0 unspecified atom stereocenters. The minimum Gasteiger partial charge on any atom is -0.462 e. The predicted octanol–water partition coefficient (Wildman–Crippen LogP) is 3.82. The molecule has 0 atom stereocenters. The fourth-order valence-electron chi connectivity index (χ4n) is 2.34. The Kier molecular flexibility index (Phi) is 5.72. The Morgan fingerprint density at radius 3 is 2.48 bits per heavy atom. The van der Waals surface area contributed by atoms with Crippen LogP contribution in [0.2, 0.25) is 0 Å². The van der Waals surface area contributed by atoms with E-state index in [1.165, 1.54) is 5.56 Å². The highest BCUT2D eigenvalue weighted by Gasteiger charge is 2.09. The van der Waals surface area contributed by atoms with E-state index >= 15 is 0 Å². The Morgan fingerprint density at radius 1 is 1.17 bits per heavy atom. The zero-order chi connectivity index (χ0) is 16.8. The van der Waals surface area contributed by atoms with Gasteiger partial charge in [0.05, 0.1) is 13.2 Å². The van der Waals surface area contributed by atoms with E-state index < -0.39 is 0 Å². The van der Waals surface area contributed by atoms with E-state index in [2.05, 4.69) is 37.8 Å². The van der Waals surface area contributed by atoms with Crippen LogP contribution < -0.4 is 0 Å². The average molecular weight is 310 g/mol. The van der Waals surface area contributed by atoms with Crippen LogP contribution in [0, 0.1) is 6.92 Å². The molecule has 2 rings (SSSR count). The molecule has 2 aromatic carbocycles. The Bertz CT molecular complexity index is 699. The summed E-state index contributed by atoms with van der Waals surface area (Å²) in [6, 6.07) is 14.2. The van der Waals surface area contributed by atoms with Gasteiger partial charge in [0.2, 0.25) is 0 Å². The molecular weight excluding hydrogens is 288 g/mol. The van der Waals surface area contributed by atoms with Crippen molar-refractivity contribution in [3.05, 3.63) is 71.3 Å². The van der Waals surface area contributed by atoms with Gasteiger partial charge in [0, 0.05) is 12.0 Å². The summed E-state index contributed by atoms with van der Waals surface area (Å²) in [6.07, 6.45) is 0.593. The van der Waals surface area contributed by atoms with Gasteiger partial charge in [-0.25, -0.2) is 4.79 Å². The minimum atomic E-state index is -0.375. The second-order valence-corrected chi connectivity index (χ2v) is 5.68. The Morgan fingerprint density at radius 2 is 1.87 bits per heavy atom. The molecule has 0 fully saturated rings. The summed E-state index contributed by atoms with van der Waals surface area (Å²) in [5.74, 6) is -0.375. The van der Waals surface area contributed by atoms with E-state index in [0.29, 0.717) is 18.6 Å². The van der Waals surface area contributed by atoms with E-state index in [1.807, 2.05) is 18.2 Å². The Hall–Kier alpha value is -2.39. The highest BCUT2D eigenvalue weighted by atomic mass is 16.5. The molecule has 2 aromatic rings. The number of hydrogen-bond acceptors (Lipinski definition) is 3. The predicted molar refractivity (Wildman–Crippen MR) is 92.0 cm³/mol. The maximum absolute atomic E-state index is 11.5. The summed E-state index contributed by atoms with van der Waals surface area (Å²) >= 11 is 0. The largest absolute Gasteiger partial charge is 0.462 e. The number of ether oxygens (including phenoxy) is 1. The second-order valence-electron chi connectivity index (χ2n) is 5.68. The molecule has 0 aromatic heterocycles. The Balaban J connectivity index is 2.23. The summed E-state index contributed by atoms with van der Waals surface area (Å²) in [6.45, 7) is 7.54. The lowest BCUT2D eigenvalue weighted by molar-refractivity contribution is -0.138. The number of hydrogen-bond donors (Lipinski definition) is 1. The molecule has 0 saturated heterocycles. The van der Waals surface area contributed by atoms with Crippen LogP contribution in [-0.2, 0) is 22.6 Å². The first-order valence-corrected chi connectivity index (χ1v) is 7.63. The molecule has 0 heterocycles. The van der Waals surface area contributed by atoms with Crippen LogP contribution >= 0.6 is 0 Å². The molecule has 0 amide bonds. The van der Waals surface area contributed by atoms with Gasteiger partial charge in [0.15, 0.2) is 0 Å². The average Bonchev–Trinajstić information content (AvgIpc) is 2.55. The topological polar surface area (TPSA) is 46.5 Å². The number of aliphatic hydroxyl groups excluding tert-OH is 1. The van der Waals surface area contributed by atoms with Gasteiger partial charge in [-0.3, -0.25) is 0 Å². The Labute approximate surface area is 137 Å². The summed E-state index contributed by atoms with van der Waals surface area (Å²) in [5, 5.41) is 9.35. The van der Waals surface area contributed by atoms with Gasteiger partial charge in [0.1, 0.15) is 0 Å². The molecular formula is C20H22O3. The molecule has 0 aliphatic rings. The third kappa shape index (κ3) is 4.54. The van der Waals surface area contributed by atoms with Crippen molar-refractivity contribution < 1.29 is 14.6 Å². The van der Waals surface area contributed by atoms with E-state index in [9.17, 15) is 9.90 Å². The molecule has 23 heavy (non-hydrogen) atoms. The molecule has 0 spiro atoms. The molecule has 0 bridgehead atoms. The van der Waals surface area contributed by atoms with E-state index in [0.717, 1.165) is 22.3 Å². The normalized spacial score (nSPS) is 10.4. The first kappa shape index (κ1) is 17.0. The van der Waals surface area contributed by atoms with Gasteiger partial charge in [-0.1, -0.05) is 54.6 Å². The number of aliphatic hydroxyl groups is 1. The SMILES string of the molecule is C=C(C)C(=O)OCCc1cc(CO)ccc1-c1ccc(C)cc1. The van der Waals surface area contributed by atoms with Crippen molar-refractivity contribution in [1.82, 2.24) is 0 Å². The lowest BCUT2D eigenvalue weighted by atomic mass is 9.95. The molecule has 0 radical (unpaired) electrons. The number of aryl methyl sites for hydroxylation is 1. The van der Waals surface area contributed by atoms with E-state index in [4.69, 9.17) is 4.74 Å². The monoisotopic (exact) mass is 310 g/mol. The maximum atomic E-state index is 11.5. The smallest absolute Gasteiger partial charge is 0.333 e. The number of carbonyl (C=O) groups is 1. The fraction of sp³-hybridized carbons (Fsp3) is 0.250. The molecule has 120 valence electrons. The van der Waals surface area contributed by atoms with Crippen LogP contribution in [0.25, 0.3) is 11.1 Å². The zero-order valence-corrected chi connectivity index (χ0v) is 13.6. The van der Waals surface area contributed by atoms with Gasteiger partial charge in [-0.15, -0.1) is 0 Å². The summed E-state index contributed by atoms with van der Waals surface area (Å²) in [4.78, 5) is 11.5. The molecule has 0 aliphatic carbocycles. The second kappa shape index (κ2) is 7.75. The highest BCUT2D eigenvalue weighted by Crippen LogP contribution is 2.26. The molecule has 3 heteroatoms. The number of carbonyl (C=O) groups excluding carboxylic acids is 1. The van der Waals surface area contributed by atoms with Crippen LogP contribution in [0.15, 0.2) is 54.6 Å². The lowest BCUT2D eigenvalue weighted by Gasteiger charge is -2.12. The fourth-order valence-corrected chi connectivity index (χ4v) is 2.34. The van der Waals surface area contributed by atoms with Crippen LogP contribution in [0.5, 0.6) is 0 Å². The van der Waals surface area contributed by atoms with Gasteiger partial charge in [-0.2, -0.15) is 0 Å². The van der Waals surface area contributed by atoms with Crippen molar-refractivity contribution in [1.29, 1.82) is 0 Å².